The van der Waals surface area contributed by atoms with Gasteiger partial charge in [0.05, 0.1) is 5.69 Å². The molecule has 3 nitrogen and oxygen atoms in total. The molecule has 1 fully saturated rings. The Bertz CT molecular complexity index is 367. The van der Waals surface area contributed by atoms with E-state index in [0.717, 1.165) is 30.6 Å². The van der Waals surface area contributed by atoms with Crippen molar-refractivity contribution in [1.82, 2.24) is 9.55 Å². The molecule has 1 aliphatic rings. The van der Waals surface area contributed by atoms with E-state index in [1.165, 1.54) is 24.3 Å². The Labute approximate surface area is 115 Å². The first-order chi connectivity index (χ1) is 8.65. The second-order valence-corrected chi connectivity index (χ2v) is 6.91. The van der Waals surface area contributed by atoms with E-state index < -0.39 is 0 Å². The van der Waals surface area contributed by atoms with Crippen LogP contribution in [-0.2, 0) is 6.54 Å². The maximum atomic E-state index is 4.59. The standard InChI is InChI=1S/C14H25N3S/c1-11(2)8-15-14-16-12(3)9-17(14)10-13-4-6-18-7-5-13/h9,11,13H,4-8,10H2,1-3H3,(H,15,16). The maximum absolute atomic E-state index is 4.59. The molecule has 0 unspecified atom stereocenters. The number of rotatable bonds is 5. The minimum absolute atomic E-state index is 0.654. The number of imidazole rings is 1. The molecule has 2 heterocycles. The van der Waals surface area contributed by atoms with Gasteiger partial charge in [0.15, 0.2) is 0 Å². The predicted molar refractivity (Wildman–Crippen MR) is 80.3 cm³/mol. The summed E-state index contributed by atoms with van der Waals surface area (Å²) in [6, 6.07) is 0. The highest BCUT2D eigenvalue weighted by Crippen LogP contribution is 2.25. The second kappa shape index (κ2) is 6.50. The summed E-state index contributed by atoms with van der Waals surface area (Å²) in [5.41, 5.74) is 1.12. The molecule has 2 rings (SSSR count). The summed E-state index contributed by atoms with van der Waals surface area (Å²) in [7, 11) is 0. The van der Waals surface area contributed by atoms with Gasteiger partial charge in [-0.25, -0.2) is 4.98 Å². The molecule has 102 valence electrons. The third-order valence-corrected chi connectivity index (χ3v) is 4.41. The quantitative estimate of drug-likeness (QED) is 0.886. The van der Waals surface area contributed by atoms with Crippen LogP contribution in [0.4, 0.5) is 5.95 Å². The first-order valence-electron chi connectivity index (χ1n) is 7.00. The van der Waals surface area contributed by atoms with Gasteiger partial charge >= 0.3 is 0 Å². The summed E-state index contributed by atoms with van der Waals surface area (Å²) in [5.74, 6) is 5.20. The number of nitrogens with zero attached hydrogens (tertiary/aromatic N) is 2. The van der Waals surface area contributed by atoms with E-state index >= 15 is 0 Å². The average Bonchev–Trinajstić information content (AvgIpc) is 2.68. The maximum Gasteiger partial charge on any atom is 0.203 e. The van der Waals surface area contributed by atoms with Gasteiger partial charge in [0.1, 0.15) is 0 Å². The summed E-state index contributed by atoms with van der Waals surface area (Å²) in [4.78, 5) is 4.59. The Morgan fingerprint density at radius 3 is 2.83 bits per heavy atom. The smallest absolute Gasteiger partial charge is 0.203 e. The summed E-state index contributed by atoms with van der Waals surface area (Å²) in [5, 5.41) is 3.47. The van der Waals surface area contributed by atoms with Gasteiger partial charge < -0.3 is 9.88 Å². The molecular formula is C14H25N3S. The van der Waals surface area contributed by atoms with Crippen LogP contribution in [0.15, 0.2) is 6.20 Å². The van der Waals surface area contributed by atoms with Crippen molar-refractivity contribution >= 4 is 17.7 Å². The average molecular weight is 267 g/mol. The van der Waals surface area contributed by atoms with Crippen LogP contribution in [0.25, 0.3) is 0 Å². The first-order valence-corrected chi connectivity index (χ1v) is 8.16. The van der Waals surface area contributed by atoms with Gasteiger partial charge in [-0.15, -0.1) is 0 Å². The predicted octanol–water partition coefficient (Wildman–Crippen LogP) is 3.40. The Morgan fingerprint density at radius 2 is 2.17 bits per heavy atom. The van der Waals surface area contributed by atoms with Crippen molar-refractivity contribution in [2.45, 2.75) is 40.2 Å². The molecule has 1 aromatic rings. The van der Waals surface area contributed by atoms with Crippen molar-refractivity contribution in [2.24, 2.45) is 11.8 Å². The number of hydrogen-bond donors (Lipinski definition) is 1. The molecule has 1 aliphatic heterocycles. The molecule has 0 bridgehead atoms. The van der Waals surface area contributed by atoms with E-state index in [-0.39, 0.29) is 0 Å². The molecule has 0 aromatic carbocycles. The number of thioether (sulfide) groups is 1. The zero-order valence-corrected chi connectivity index (χ0v) is 12.6. The Morgan fingerprint density at radius 1 is 1.44 bits per heavy atom. The summed E-state index contributed by atoms with van der Waals surface area (Å²) >= 11 is 2.09. The Hall–Kier alpha value is -0.640. The summed E-state index contributed by atoms with van der Waals surface area (Å²) in [6.45, 7) is 8.66. The van der Waals surface area contributed by atoms with Crippen molar-refractivity contribution in [3.8, 4) is 0 Å². The van der Waals surface area contributed by atoms with Crippen LogP contribution in [0, 0.1) is 18.8 Å². The third kappa shape index (κ3) is 3.94. The van der Waals surface area contributed by atoms with Gasteiger partial charge in [-0.05, 0) is 43.1 Å². The van der Waals surface area contributed by atoms with E-state index in [9.17, 15) is 0 Å². The van der Waals surface area contributed by atoms with Crippen LogP contribution in [0.3, 0.4) is 0 Å². The van der Waals surface area contributed by atoms with Gasteiger partial charge in [0, 0.05) is 19.3 Å². The molecule has 0 aliphatic carbocycles. The summed E-state index contributed by atoms with van der Waals surface area (Å²) in [6.07, 6.45) is 4.89. The molecule has 0 radical (unpaired) electrons. The van der Waals surface area contributed by atoms with Gasteiger partial charge in [-0.3, -0.25) is 0 Å². The Balaban J connectivity index is 1.97. The first kappa shape index (κ1) is 13.8. The van der Waals surface area contributed by atoms with Crippen molar-refractivity contribution < 1.29 is 0 Å². The zero-order chi connectivity index (χ0) is 13.0. The fourth-order valence-corrected chi connectivity index (χ4v) is 3.53. The van der Waals surface area contributed by atoms with Crippen LogP contribution in [0.1, 0.15) is 32.4 Å². The number of nitrogens with one attached hydrogen (secondary N) is 1. The molecule has 1 N–H and O–H groups in total. The minimum atomic E-state index is 0.654. The molecule has 1 aromatic heterocycles. The van der Waals surface area contributed by atoms with Gasteiger partial charge in [0.2, 0.25) is 5.95 Å². The van der Waals surface area contributed by atoms with E-state index in [1.807, 2.05) is 0 Å². The zero-order valence-electron chi connectivity index (χ0n) is 11.8. The second-order valence-electron chi connectivity index (χ2n) is 5.69. The molecule has 0 spiro atoms. The van der Waals surface area contributed by atoms with Gasteiger partial charge in [-0.2, -0.15) is 11.8 Å². The molecule has 4 heteroatoms. The molecule has 0 atom stereocenters. The molecule has 0 amide bonds. The number of anilines is 1. The number of aromatic nitrogens is 2. The largest absolute Gasteiger partial charge is 0.355 e. The lowest BCUT2D eigenvalue weighted by molar-refractivity contribution is 0.418. The normalized spacial score (nSPS) is 17.3. The van der Waals surface area contributed by atoms with Crippen LogP contribution in [-0.4, -0.2) is 27.6 Å². The van der Waals surface area contributed by atoms with Crippen molar-refractivity contribution in [1.29, 1.82) is 0 Å². The fourth-order valence-electron chi connectivity index (χ4n) is 2.33. The highest BCUT2D eigenvalue weighted by Gasteiger charge is 2.16. The molecule has 0 saturated carbocycles. The molecular weight excluding hydrogens is 242 g/mol. The van der Waals surface area contributed by atoms with E-state index in [2.05, 4.69) is 53.6 Å². The number of aryl methyl sites for hydroxylation is 1. The summed E-state index contributed by atoms with van der Waals surface area (Å²) < 4.78 is 2.32. The lowest BCUT2D eigenvalue weighted by Gasteiger charge is -2.22. The van der Waals surface area contributed by atoms with Crippen molar-refractivity contribution in [2.75, 3.05) is 23.4 Å². The third-order valence-electron chi connectivity index (χ3n) is 3.36. The van der Waals surface area contributed by atoms with Crippen LogP contribution in [0.5, 0.6) is 0 Å². The van der Waals surface area contributed by atoms with E-state index in [4.69, 9.17) is 0 Å². The highest BCUT2D eigenvalue weighted by molar-refractivity contribution is 7.99. The van der Waals surface area contributed by atoms with E-state index in [1.54, 1.807) is 0 Å². The van der Waals surface area contributed by atoms with Crippen LogP contribution >= 0.6 is 11.8 Å². The number of hydrogen-bond acceptors (Lipinski definition) is 3. The fraction of sp³-hybridized carbons (Fsp3) is 0.786. The highest BCUT2D eigenvalue weighted by atomic mass is 32.2. The Kier molecular flexibility index (Phi) is 4.98. The SMILES string of the molecule is Cc1cn(CC2CCSCC2)c(NCC(C)C)n1. The monoisotopic (exact) mass is 267 g/mol. The lowest BCUT2D eigenvalue weighted by Crippen LogP contribution is -2.19. The van der Waals surface area contributed by atoms with E-state index in [0.29, 0.717) is 5.92 Å². The van der Waals surface area contributed by atoms with Crippen molar-refractivity contribution in [3.63, 3.8) is 0 Å². The molecule has 1 saturated heterocycles. The van der Waals surface area contributed by atoms with Gasteiger partial charge in [0.25, 0.3) is 0 Å². The lowest BCUT2D eigenvalue weighted by atomic mass is 10.0. The minimum Gasteiger partial charge on any atom is -0.355 e. The topological polar surface area (TPSA) is 29.9 Å². The molecule has 18 heavy (non-hydrogen) atoms. The van der Waals surface area contributed by atoms with Crippen molar-refractivity contribution in [3.05, 3.63) is 11.9 Å². The van der Waals surface area contributed by atoms with Gasteiger partial charge in [-0.1, -0.05) is 13.8 Å². The van der Waals surface area contributed by atoms with Crippen LogP contribution < -0.4 is 5.32 Å². The van der Waals surface area contributed by atoms with Crippen LogP contribution in [0.2, 0.25) is 0 Å².